The summed E-state index contributed by atoms with van der Waals surface area (Å²) in [5.41, 5.74) is 0.448. The summed E-state index contributed by atoms with van der Waals surface area (Å²) in [7, 11) is -3.84. The van der Waals surface area contributed by atoms with Crippen LogP contribution in [0.15, 0.2) is 23.1 Å². The Labute approximate surface area is 123 Å². The average Bonchev–Trinajstić information content (AvgIpc) is 2.41. The molecule has 1 atom stereocenters. The quantitative estimate of drug-likeness (QED) is 0.928. The number of sulfonamides is 1. The molecule has 0 aliphatic carbocycles. The molecule has 2 rings (SSSR count). The lowest BCUT2D eigenvalue weighted by molar-refractivity contribution is -0.142. The number of aliphatic carboxylic acids is 1. The average molecular weight is 318 g/mol. The second kappa shape index (κ2) is 5.71. The third-order valence-corrected chi connectivity index (χ3v) is 6.01. The van der Waals surface area contributed by atoms with Crippen LogP contribution in [0.3, 0.4) is 0 Å². The number of rotatable bonds is 3. The predicted molar refractivity (Wildman–Crippen MR) is 75.4 cm³/mol. The lowest BCUT2D eigenvalue weighted by Gasteiger charge is -2.32. The van der Waals surface area contributed by atoms with Gasteiger partial charge in [-0.1, -0.05) is 17.7 Å². The maximum Gasteiger partial charge on any atom is 0.322 e. The van der Waals surface area contributed by atoms with Crippen molar-refractivity contribution < 1.29 is 18.3 Å². The number of carbonyl (C=O) groups is 1. The molecule has 7 heteroatoms. The number of carboxylic acids is 1. The molecule has 110 valence electrons. The van der Waals surface area contributed by atoms with E-state index in [1.165, 1.54) is 6.07 Å². The van der Waals surface area contributed by atoms with Crippen LogP contribution >= 0.6 is 11.6 Å². The van der Waals surface area contributed by atoms with Crippen LogP contribution in [0.25, 0.3) is 0 Å². The molecule has 0 saturated carbocycles. The number of halogens is 1. The molecule has 1 N–H and O–H groups in total. The zero-order valence-corrected chi connectivity index (χ0v) is 12.6. The number of nitrogens with zero attached hydrogens (tertiary/aromatic N) is 1. The van der Waals surface area contributed by atoms with Crippen molar-refractivity contribution in [1.82, 2.24) is 4.31 Å². The molecule has 0 unspecified atom stereocenters. The van der Waals surface area contributed by atoms with Gasteiger partial charge in [-0.15, -0.1) is 0 Å². The highest BCUT2D eigenvalue weighted by Gasteiger charge is 2.38. The minimum absolute atomic E-state index is 0.0816. The molecule has 1 heterocycles. The molecule has 5 nitrogen and oxygen atoms in total. The molecule has 1 aliphatic heterocycles. The second-order valence-corrected chi connectivity index (χ2v) is 7.09. The minimum Gasteiger partial charge on any atom is -0.480 e. The Balaban J connectivity index is 2.48. The zero-order chi connectivity index (χ0) is 14.9. The SMILES string of the molecule is Cc1c(Cl)cccc1S(=O)(=O)N1CCCC[C@H]1C(=O)O. The first kappa shape index (κ1) is 15.3. The van der Waals surface area contributed by atoms with Crippen LogP contribution in [-0.2, 0) is 14.8 Å². The number of hydrogen-bond acceptors (Lipinski definition) is 3. The van der Waals surface area contributed by atoms with Crippen molar-refractivity contribution in [2.24, 2.45) is 0 Å². The largest absolute Gasteiger partial charge is 0.480 e. The fourth-order valence-corrected chi connectivity index (χ4v) is 4.56. The highest BCUT2D eigenvalue weighted by molar-refractivity contribution is 7.89. The Hall–Kier alpha value is -1.11. The van der Waals surface area contributed by atoms with E-state index in [1.54, 1.807) is 19.1 Å². The fourth-order valence-electron chi connectivity index (χ4n) is 2.43. The molecule has 1 aliphatic rings. The van der Waals surface area contributed by atoms with Gasteiger partial charge in [0.2, 0.25) is 10.0 Å². The molecule has 0 spiro atoms. The Bertz CT molecular complexity index is 629. The molecule has 20 heavy (non-hydrogen) atoms. The highest BCUT2D eigenvalue weighted by atomic mass is 35.5. The van der Waals surface area contributed by atoms with Gasteiger partial charge in [0.25, 0.3) is 0 Å². The van der Waals surface area contributed by atoms with Gasteiger partial charge in [-0.05, 0) is 43.9 Å². The van der Waals surface area contributed by atoms with E-state index in [9.17, 15) is 18.3 Å². The van der Waals surface area contributed by atoms with Crippen molar-refractivity contribution in [3.8, 4) is 0 Å². The fraction of sp³-hybridized carbons (Fsp3) is 0.462. The van der Waals surface area contributed by atoms with E-state index in [-0.39, 0.29) is 11.4 Å². The van der Waals surface area contributed by atoms with E-state index in [1.807, 2.05) is 0 Å². The third kappa shape index (κ3) is 2.68. The summed E-state index contributed by atoms with van der Waals surface area (Å²) in [5.74, 6) is -1.10. The lowest BCUT2D eigenvalue weighted by Crippen LogP contribution is -2.47. The van der Waals surface area contributed by atoms with Crippen LogP contribution < -0.4 is 0 Å². The smallest absolute Gasteiger partial charge is 0.322 e. The first-order valence-electron chi connectivity index (χ1n) is 6.35. The van der Waals surface area contributed by atoms with E-state index in [2.05, 4.69) is 0 Å². The Morgan fingerprint density at radius 1 is 1.40 bits per heavy atom. The van der Waals surface area contributed by atoms with Crippen molar-refractivity contribution in [3.63, 3.8) is 0 Å². The van der Waals surface area contributed by atoms with Gasteiger partial charge in [0.05, 0.1) is 4.90 Å². The van der Waals surface area contributed by atoms with Gasteiger partial charge in [0.1, 0.15) is 6.04 Å². The number of hydrogen-bond donors (Lipinski definition) is 1. The summed E-state index contributed by atoms with van der Waals surface area (Å²) in [6.45, 7) is 1.85. The third-order valence-electron chi connectivity index (χ3n) is 3.54. The summed E-state index contributed by atoms with van der Waals surface area (Å²) in [6, 6.07) is 3.64. The number of piperidine rings is 1. The van der Waals surface area contributed by atoms with E-state index in [0.29, 0.717) is 23.4 Å². The monoisotopic (exact) mass is 317 g/mol. The highest BCUT2D eigenvalue weighted by Crippen LogP contribution is 2.29. The standard InChI is InChI=1S/C13H16ClNO4S/c1-9-10(14)5-4-7-12(9)20(18,19)15-8-3-2-6-11(15)13(16)17/h4-5,7,11H,2-3,6,8H2,1H3,(H,16,17)/t11-/m0/s1. The number of benzene rings is 1. The van der Waals surface area contributed by atoms with Crippen molar-refractivity contribution in [3.05, 3.63) is 28.8 Å². The van der Waals surface area contributed by atoms with Crippen LogP contribution in [0.4, 0.5) is 0 Å². The Morgan fingerprint density at radius 3 is 2.75 bits per heavy atom. The molecule has 1 aromatic rings. The molecule has 0 radical (unpaired) electrons. The first-order chi connectivity index (χ1) is 9.35. The first-order valence-corrected chi connectivity index (χ1v) is 8.17. The predicted octanol–water partition coefficient (Wildman–Crippen LogP) is 2.28. The van der Waals surface area contributed by atoms with E-state index < -0.39 is 22.0 Å². The maximum absolute atomic E-state index is 12.7. The molecular weight excluding hydrogens is 302 g/mol. The van der Waals surface area contributed by atoms with Crippen LogP contribution in [0.2, 0.25) is 5.02 Å². The van der Waals surface area contributed by atoms with Gasteiger partial charge in [0.15, 0.2) is 0 Å². The molecule has 0 amide bonds. The van der Waals surface area contributed by atoms with Gasteiger partial charge >= 0.3 is 5.97 Å². The normalized spacial score (nSPS) is 20.8. The van der Waals surface area contributed by atoms with Gasteiger partial charge in [-0.25, -0.2) is 8.42 Å². The molecule has 0 bridgehead atoms. The van der Waals surface area contributed by atoms with Crippen molar-refractivity contribution in [1.29, 1.82) is 0 Å². The van der Waals surface area contributed by atoms with Crippen LogP contribution in [0.5, 0.6) is 0 Å². The van der Waals surface area contributed by atoms with Crippen molar-refractivity contribution in [2.75, 3.05) is 6.54 Å². The Morgan fingerprint density at radius 2 is 2.10 bits per heavy atom. The molecule has 1 fully saturated rings. The molecule has 1 aromatic carbocycles. The maximum atomic E-state index is 12.7. The van der Waals surface area contributed by atoms with E-state index in [4.69, 9.17) is 11.6 Å². The summed E-state index contributed by atoms with van der Waals surface area (Å²) in [6.07, 6.45) is 1.73. The van der Waals surface area contributed by atoms with Crippen molar-refractivity contribution >= 4 is 27.6 Å². The van der Waals surface area contributed by atoms with Gasteiger partial charge in [0, 0.05) is 11.6 Å². The Kier molecular flexibility index (Phi) is 4.36. The molecule has 0 aromatic heterocycles. The zero-order valence-electron chi connectivity index (χ0n) is 11.0. The van der Waals surface area contributed by atoms with Crippen molar-refractivity contribution in [2.45, 2.75) is 37.1 Å². The molecule has 1 saturated heterocycles. The summed E-state index contributed by atoms with van der Waals surface area (Å²) in [5, 5.41) is 9.57. The minimum atomic E-state index is -3.84. The van der Waals surface area contributed by atoms with Gasteiger partial charge in [-0.2, -0.15) is 4.31 Å². The van der Waals surface area contributed by atoms with Gasteiger partial charge in [-0.3, -0.25) is 4.79 Å². The lowest BCUT2D eigenvalue weighted by atomic mass is 10.1. The van der Waals surface area contributed by atoms with Crippen LogP contribution in [0.1, 0.15) is 24.8 Å². The van der Waals surface area contributed by atoms with E-state index >= 15 is 0 Å². The molecular formula is C13H16ClNO4S. The summed E-state index contributed by atoms with van der Waals surface area (Å²) >= 11 is 5.96. The second-order valence-electron chi connectivity index (χ2n) is 4.83. The van der Waals surface area contributed by atoms with Crippen LogP contribution in [0, 0.1) is 6.92 Å². The van der Waals surface area contributed by atoms with Crippen LogP contribution in [-0.4, -0.2) is 36.4 Å². The van der Waals surface area contributed by atoms with E-state index in [0.717, 1.165) is 10.7 Å². The topological polar surface area (TPSA) is 74.7 Å². The van der Waals surface area contributed by atoms with Gasteiger partial charge < -0.3 is 5.11 Å². The summed E-state index contributed by atoms with van der Waals surface area (Å²) < 4.78 is 26.4. The summed E-state index contributed by atoms with van der Waals surface area (Å²) in [4.78, 5) is 11.3. The number of carboxylic acid groups (broad SMARTS) is 1.